The van der Waals surface area contributed by atoms with E-state index in [0.717, 1.165) is 16.7 Å². The van der Waals surface area contributed by atoms with Crippen molar-refractivity contribution in [2.24, 2.45) is 0 Å². The van der Waals surface area contributed by atoms with Crippen LogP contribution in [-0.2, 0) is 0 Å². The van der Waals surface area contributed by atoms with Gasteiger partial charge in [-0.2, -0.15) is 0 Å². The van der Waals surface area contributed by atoms with Gasteiger partial charge in [-0.05, 0) is 6.07 Å². The van der Waals surface area contributed by atoms with Crippen LogP contribution in [0.5, 0.6) is 46.0 Å². The van der Waals surface area contributed by atoms with Crippen molar-refractivity contribution in [1.29, 1.82) is 0 Å². The first-order chi connectivity index (χ1) is 17.0. The van der Waals surface area contributed by atoms with Gasteiger partial charge in [0.1, 0.15) is 46.0 Å². The van der Waals surface area contributed by atoms with E-state index in [0.29, 0.717) is 46.0 Å². The molecule has 3 rings (SSSR count). The molecule has 0 saturated heterocycles. The Balaban J connectivity index is 2.50. The summed E-state index contributed by atoms with van der Waals surface area (Å²) in [5.74, 6) is 4.19. The van der Waals surface area contributed by atoms with Gasteiger partial charge in [-0.1, -0.05) is 6.07 Å². The zero-order valence-corrected chi connectivity index (χ0v) is 21.4. The molecule has 0 amide bonds. The van der Waals surface area contributed by atoms with Crippen LogP contribution in [0.2, 0.25) is 0 Å². The minimum absolute atomic E-state index is 0.498. The highest BCUT2D eigenvalue weighted by Gasteiger charge is 2.33. The highest BCUT2D eigenvalue weighted by molar-refractivity contribution is 5.66. The van der Waals surface area contributed by atoms with E-state index in [1.54, 1.807) is 56.9 Å². The third kappa shape index (κ3) is 4.96. The van der Waals surface area contributed by atoms with Crippen LogP contribution < -0.4 is 37.9 Å². The first kappa shape index (κ1) is 25.7. The highest BCUT2D eigenvalue weighted by Crippen LogP contribution is 2.52. The normalized spacial score (nSPS) is 10.5. The van der Waals surface area contributed by atoms with Crippen molar-refractivity contribution >= 4 is 0 Å². The van der Waals surface area contributed by atoms with Gasteiger partial charge >= 0.3 is 0 Å². The zero-order valence-electron chi connectivity index (χ0n) is 21.4. The molecule has 0 aliphatic carbocycles. The standard InChI is InChI=1S/C27H32O8/c1-28-16-9-10-19(20(11-16)31-4)25(26-21(32-5)12-17(29-2)13-22(26)33-6)27-23(34-7)14-18(30-3)15-24(27)35-8/h9-15,25H,1-8H3. The Morgan fingerprint density at radius 3 is 1.06 bits per heavy atom. The van der Waals surface area contributed by atoms with E-state index >= 15 is 0 Å². The van der Waals surface area contributed by atoms with Crippen LogP contribution >= 0.6 is 0 Å². The van der Waals surface area contributed by atoms with Gasteiger partial charge < -0.3 is 37.9 Å². The van der Waals surface area contributed by atoms with Crippen LogP contribution in [0, 0.1) is 0 Å². The van der Waals surface area contributed by atoms with Crippen molar-refractivity contribution < 1.29 is 37.9 Å². The van der Waals surface area contributed by atoms with Crippen LogP contribution in [0.3, 0.4) is 0 Å². The lowest BCUT2D eigenvalue weighted by atomic mass is 9.82. The molecule has 0 aliphatic rings. The minimum atomic E-state index is -0.498. The molecule has 0 bridgehead atoms. The largest absolute Gasteiger partial charge is 0.497 e. The lowest BCUT2D eigenvalue weighted by Crippen LogP contribution is -2.12. The van der Waals surface area contributed by atoms with Gasteiger partial charge in [-0.15, -0.1) is 0 Å². The minimum Gasteiger partial charge on any atom is -0.497 e. The van der Waals surface area contributed by atoms with Crippen LogP contribution in [0.15, 0.2) is 42.5 Å². The molecule has 3 aromatic rings. The Morgan fingerprint density at radius 1 is 0.400 bits per heavy atom. The first-order valence-corrected chi connectivity index (χ1v) is 10.8. The molecular weight excluding hydrogens is 452 g/mol. The van der Waals surface area contributed by atoms with Crippen molar-refractivity contribution in [2.45, 2.75) is 5.92 Å². The summed E-state index contributed by atoms with van der Waals surface area (Å²) in [5, 5.41) is 0. The second-order valence-corrected chi connectivity index (χ2v) is 7.43. The van der Waals surface area contributed by atoms with Crippen molar-refractivity contribution in [2.75, 3.05) is 56.9 Å². The molecule has 0 aromatic heterocycles. The van der Waals surface area contributed by atoms with Crippen LogP contribution in [0.25, 0.3) is 0 Å². The van der Waals surface area contributed by atoms with Crippen molar-refractivity contribution in [3.05, 3.63) is 59.2 Å². The van der Waals surface area contributed by atoms with E-state index in [-0.39, 0.29) is 0 Å². The maximum absolute atomic E-state index is 5.83. The van der Waals surface area contributed by atoms with E-state index in [1.165, 1.54) is 0 Å². The number of hydrogen-bond acceptors (Lipinski definition) is 8. The molecule has 0 unspecified atom stereocenters. The average molecular weight is 485 g/mol. The fraction of sp³-hybridized carbons (Fsp3) is 0.333. The predicted octanol–water partition coefficient (Wildman–Crippen LogP) is 4.94. The third-order valence-electron chi connectivity index (χ3n) is 5.84. The topological polar surface area (TPSA) is 73.8 Å². The summed E-state index contributed by atoms with van der Waals surface area (Å²) in [6.45, 7) is 0. The van der Waals surface area contributed by atoms with E-state index in [2.05, 4.69) is 0 Å². The maximum Gasteiger partial charge on any atom is 0.130 e. The molecule has 35 heavy (non-hydrogen) atoms. The smallest absolute Gasteiger partial charge is 0.130 e. The molecule has 0 N–H and O–H groups in total. The number of hydrogen-bond donors (Lipinski definition) is 0. The number of ether oxygens (including phenoxy) is 8. The van der Waals surface area contributed by atoms with Crippen molar-refractivity contribution in [3.63, 3.8) is 0 Å². The number of methoxy groups -OCH3 is 8. The molecule has 0 heterocycles. The second-order valence-electron chi connectivity index (χ2n) is 7.43. The molecule has 8 nitrogen and oxygen atoms in total. The van der Waals surface area contributed by atoms with E-state index in [1.807, 2.05) is 42.5 Å². The Kier molecular flexibility index (Phi) is 8.41. The molecule has 0 fully saturated rings. The first-order valence-electron chi connectivity index (χ1n) is 10.8. The number of benzene rings is 3. The molecule has 8 heteroatoms. The van der Waals surface area contributed by atoms with Gasteiger partial charge in [0.15, 0.2) is 0 Å². The fourth-order valence-electron chi connectivity index (χ4n) is 4.15. The Hall–Kier alpha value is -3.94. The van der Waals surface area contributed by atoms with Gasteiger partial charge in [-0.3, -0.25) is 0 Å². The van der Waals surface area contributed by atoms with Crippen molar-refractivity contribution in [1.82, 2.24) is 0 Å². The highest BCUT2D eigenvalue weighted by atomic mass is 16.5. The summed E-state index contributed by atoms with van der Waals surface area (Å²) in [4.78, 5) is 0. The summed E-state index contributed by atoms with van der Waals surface area (Å²) in [5.41, 5.74) is 2.29. The maximum atomic E-state index is 5.83. The molecule has 0 aliphatic heterocycles. The van der Waals surface area contributed by atoms with Crippen LogP contribution in [-0.4, -0.2) is 56.9 Å². The van der Waals surface area contributed by atoms with Crippen molar-refractivity contribution in [3.8, 4) is 46.0 Å². The number of rotatable bonds is 11. The Bertz CT molecular complexity index is 1040. The van der Waals surface area contributed by atoms with E-state index in [9.17, 15) is 0 Å². The van der Waals surface area contributed by atoms with E-state index in [4.69, 9.17) is 37.9 Å². The van der Waals surface area contributed by atoms with Gasteiger partial charge in [0, 0.05) is 47.0 Å². The monoisotopic (exact) mass is 484 g/mol. The van der Waals surface area contributed by atoms with Gasteiger partial charge in [0.25, 0.3) is 0 Å². The SMILES string of the molecule is COc1ccc(C(c2c(OC)cc(OC)cc2OC)c2c(OC)cc(OC)cc2OC)c(OC)c1. The Labute approximate surface area is 206 Å². The quantitative estimate of drug-likeness (QED) is 0.355. The van der Waals surface area contributed by atoms with E-state index < -0.39 is 5.92 Å². The molecule has 0 spiro atoms. The predicted molar refractivity (Wildman–Crippen MR) is 133 cm³/mol. The summed E-state index contributed by atoms with van der Waals surface area (Å²) < 4.78 is 45.5. The van der Waals surface area contributed by atoms with Gasteiger partial charge in [0.2, 0.25) is 0 Å². The molecule has 3 aromatic carbocycles. The molecule has 0 radical (unpaired) electrons. The fourth-order valence-corrected chi connectivity index (χ4v) is 4.15. The molecular formula is C27H32O8. The zero-order chi connectivity index (χ0) is 25.5. The Morgan fingerprint density at radius 2 is 0.743 bits per heavy atom. The molecule has 0 saturated carbocycles. The summed E-state index contributed by atoms with van der Waals surface area (Å²) in [6.07, 6.45) is 0. The molecule has 0 atom stereocenters. The second kappa shape index (κ2) is 11.5. The van der Waals surface area contributed by atoms with Crippen LogP contribution in [0.1, 0.15) is 22.6 Å². The van der Waals surface area contributed by atoms with Gasteiger partial charge in [0.05, 0.1) is 62.8 Å². The lowest BCUT2D eigenvalue weighted by Gasteiger charge is -2.28. The average Bonchev–Trinajstić information content (AvgIpc) is 2.92. The third-order valence-corrected chi connectivity index (χ3v) is 5.84. The molecule has 188 valence electrons. The van der Waals surface area contributed by atoms with Gasteiger partial charge in [-0.25, -0.2) is 0 Å². The summed E-state index contributed by atoms with van der Waals surface area (Å²) >= 11 is 0. The summed E-state index contributed by atoms with van der Waals surface area (Å²) in [7, 11) is 12.8. The lowest BCUT2D eigenvalue weighted by molar-refractivity contribution is 0.357. The van der Waals surface area contributed by atoms with Crippen LogP contribution in [0.4, 0.5) is 0 Å². The summed E-state index contributed by atoms with van der Waals surface area (Å²) in [6, 6.07) is 12.9.